The fourth-order valence-corrected chi connectivity index (χ4v) is 4.05. The smallest absolute Gasteiger partial charge is 0.319 e. The summed E-state index contributed by atoms with van der Waals surface area (Å²) in [6.45, 7) is 2.27. The number of fused-ring (bicyclic) bond motifs is 2. The molecule has 2 atom stereocenters. The van der Waals surface area contributed by atoms with E-state index in [4.69, 9.17) is 4.74 Å². The fraction of sp³-hybridized carbons (Fsp3) is 0.474. The summed E-state index contributed by atoms with van der Waals surface area (Å²) in [5, 5.41) is 7.09. The van der Waals surface area contributed by atoms with E-state index in [0.29, 0.717) is 11.9 Å². The number of urea groups is 1. The molecule has 0 bridgehead atoms. The Morgan fingerprint density at radius 3 is 3.00 bits per heavy atom. The van der Waals surface area contributed by atoms with Gasteiger partial charge in [0, 0.05) is 35.8 Å². The molecule has 2 amide bonds. The van der Waals surface area contributed by atoms with Crippen LogP contribution in [0.1, 0.15) is 25.7 Å². The van der Waals surface area contributed by atoms with E-state index in [-0.39, 0.29) is 12.1 Å². The van der Waals surface area contributed by atoms with Crippen molar-refractivity contribution in [3.05, 3.63) is 30.3 Å². The van der Waals surface area contributed by atoms with E-state index in [1.165, 1.54) is 25.8 Å². The third kappa shape index (κ3) is 3.39. The molecule has 1 aromatic heterocycles. The molecule has 6 heteroatoms. The van der Waals surface area contributed by atoms with Crippen molar-refractivity contribution in [2.24, 2.45) is 0 Å². The highest BCUT2D eigenvalue weighted by Gasteiger charge is 2.36. The SMILES string of the molecule is COc1ccc2cc(NC(=O)NC3CCN4CCCCC34)ccc2n1. The molecule has 2 aromatic rings. The minimum atomic E-state index is -0.127. The minimum Gasteiger partial charge on any atom is -0.481 e. The van der Waals surface area contributed by atoms with E-state index in [2.05, 4.69) is 20.5 Å². The Bertz CT molecular complexity index is 779. The summed E-state index contributed by atoms with van der Waals surface area (Å²) in [5.41, 5.74) is 1.62. The van der Waals surface area contributed by atoms with Crippen LogP contribution in [0.4, 0.5) is 10.5 Å². The van der Waals surface area contributed by atoms with Gasteiger partial charge in [-0.3, -0.25) is 4.90 Å². The second kappa shape index (κ2) is 6.88. The van der Waals surface area contributed by atoms with Crippen LogP contribution in [0.25, 0.3) is 10.9 Å². The van der Waals surface area contributed by atoms with Gasteiger partial charge in [0.15, 0.2) is 0 Å². The van der Waals surface area contributed by atoms with Crippen LogP contribution < -0.4 is 15.4 Å². The molecule has 132 valence electrons. The molecule has 2 saturated heterocycles. The van der Waals surface area contributed by atoms with Crippen molar-refractivity contribution in [3.63, 3.8) is 0 Å². The van der Waals surface area contributed by atoms with Gasteiger partial charge < -0.3 is 15.4 Å². The molecule has 4 rings (SSSR count). The molecule has 2 aliphatic heterocycles. The van der Waals surface area contributed by atoms with Crippen LogP contribution in [-0.2, 0) is 0 Å². The molecule has 0 spiro atoms. The number of anilines is 1. The number of piperidine rings is 1. The maximum atomic E-state index is 12.4. The first kappa shape index (κ1) is 16.1. The number of pyridine rings is 1. The zero-order valence-electron chi connectivity index (χ0n) is 14.5. The van der Waals surface area contributed by atoms with Gasteiger partial charge in [0.2, 0.25) is 5.88 Å². The molecule has 0 saturated carbocycles. The first-order chi connectivity index (χ1) is 12.2. The van der Waals surface area contributed by atoms with Gasteiger partial charge in [0.25, 0.3) is 0 Å². The summed E-state index contributed by atoms with van der Waals surface area (Å²) < 4.78 is 5.14. The predicted octanol–water partition coefficient (Wildman–Crippen LogP) is 2.99. The largest absolute Gasteiger partial charge is 0.481 e. The van der Waals surface area contributed by atoms with Gasteiger partial charge in [-0.25, -0.2) is 9.78 Å². The van der Waals surface area contributed by atoms with Crippen molar-refractivity contribution in [2.45, 2.75) is 37.8 Å². The average molecular weight is 340 g/mol. The summed E-state index contributed by atoms with van der Waals surface area (Å²) in [4.78, 5) is 19.3. The van der Waals surface area contributed by atoms with Gasteiger partial charge in [0.05, 0.1) is 12.6 Å². The number of methoxy groups -OCH3 is 1. The number of ether oxygens (including phenoxy) is 1. The molecule has 0 aliphatic carbocycles. The Labute approximate surface area is 147 Å². The lowest BCUT2D eigenvalue weighted by Crippen LogP contribution is -2.47. The quantitative estimate of drug-likeness (QED) is 0.901. The lowest BCUT2D eigenvalue weighted by molar-refractivity contribution is 0.180. The van der Waals surface area contributed by atoms with E-state index in [1.54, 1.807) is 7.11 Å². The number of nitrogens with one attached hydrogen (secondary N) is 2. The van der Waals surface area contributed by atoms with Gasteiger partial charge in [-0.15, -0.1) is 0 Å². The molecule has 0 radical (unpaired) electrons. The number of hydrogen-bond donors (Lipinski definition) is 2. The Morgan fingerprint density at radius 2 is 2.12 bits per heavy atom. The molecule has 2 fully saturated rings. The topological polar surface area (TPSA) is 66.5 Å². The van der Waals surface area contributed by atoms with Gasteiger partial charge in [0.1, 0.15) is 0 Å². The summed E-state index contributed by atoms with van der Waals surface area (Å²) in [6, 6.07) is 10.1. The van der Waals surface area contributed by atoms with E-state index in [9.17, 15) is 4.79 Å². The number of benzene rings is 1. The number of aromatic nitrogens is 1. The first-order valence-electron chi connectivity index (χ1n) is 8.99. The average Bonchev–Trinajstić information content (AvgIpc) is 3.04. The highest BCUT2D eigenvalue weighted by Crippen LogP contribution is 2.27. The lowest BCUT2D eigenvalue weighted by atomic mass is 9.99. The van der Waals surface area contributed by atoms with Crippen molar-refractivity contribution in [3.8, 4) is 5.88 Å². The number of carbonyl (C=O) groups is 1. The zero-order valence-corrected chi connectivity index (χ0v) is 14.5. The number of nitrogens with zero attached hydrogens (tertiary/aromatic N) is 2. The van der Waals surface area contributed by atoms with E-state index >= 15 is 0 Å². The fourth-order valence-electron chi connectivity index (χ4n) is 4.05. The number of hydrogen-bond acceptors (Lipinski definition) is 4. The molecular formula is C19H24N4O2. The number of rotatable bonds is 3. The van der Waals surface area contributed by atoms with Gasteiger partial charge in [-0.05, 0) is 50.1 Å². The third-order valence-electron chi connectivity index (χ3n) is 5.30. The maximum absolute atomic E-state index is 12.4. The van der Waals surface area contributed by atoms with Crippen molar-refractivity contribution < 1.29 is 9.53 Å². The first-order valence-corrected chi connectivity index (χ1v) is 8.99. The second-order valence-corrected chi connectivity index (χ2v) is 6.85. The van der Waals surface area contributed by atoms with Crippen LogP contribution >= 0.6 is 0 Å². The van der Waals surface area contributed by atoms with Crippen LogP contribution in [-0.4, -0.2) is 48.2 Å². The van der Waals surface area contributed by atoms with Crippen molar-refractivity contribution in [1.29, 1.82) is 0 Å². The van der Waals surface area contributed by atoms with Crippen LogP contribution in [0.3, 0.4) is 0 Å². The molecule has 2 aliphatic rings. The summed E-state index contributed by atoms with van der Waals surface area (Å²) >= 11 is 0. The van der Waals surface area contributed by atoms with Crippen LogP contribution in [0, 0.1) is 0 Å². The monoisotopic (exact) mass is 340 g/mol. The van der Waals surface area contributed by atoms with Gasteiger partial charge in [-0.2, -0.15) is 0 Å². The van der Waals surface area contributed by atoms with Crippen LogP contribution in [0.2, 0.25) is 0 Å². The van der Waals surface area contributed by atoms with E-state index < -0.39 is 0 Å². The number of amides is 2. The zero-order chi connectivity index (χ0) is 17.2. The lowest BCUT2D eigenvalue weighted by Gasteiger charge is -2.32. The van der Waals surface area contributed by atoms with Crippen molar-refractivity contribution in [1.82, 2.24) is 15.2 Å². The predicted molar refractivity (Wildman–Crippen MR) is 98.1 cm³/mol. The maximum Gasteiger partial charge on any atom is 0.319 e. The molecular weight excluding hydrogens is 316 g/mol. The highest BCUT2D eigenvalue weighted by atomic mass is 16.5. The molecule has 2 unspecified atom stereocenters. The van der Waals surface area contributed by atoms with E-state index in [1.807, 2.05) is 30.3 Å². The molecule has 1 aromatic carbocycles. The van der Waals surface area contributed by atoms with Crippen LogP contribution in [0.5, 0.6) is 5.88 Å². The molecule has 6 nitrogen and oxygen atoms in total. The molecule has 3 heterocycles. The Balaban J connectivity index is 1.41. The standard InChI is InChI=1S/C19H24N4O2/c1-25-18-8-5-13-12-14(6-7-15(13)21-18)20-19(24)22-16-9-11-23-10-3-2-4-17(16)23/h5-8,12,16-17H,2-4,9-11H2,1H3,(H2,20,22,24). The van der Waals surface area contributed by atoms with E-state index in [0.717, 1.165) is 29.6 Å². The normalized spacial score (nSPS) is 23.2. The number of carbonyl (C=O) groups excluding carboxylic acids is 1. The third-order valence-corrected chi connectivity index (χ3v) is 5.30. The van der Waals surface area contributed by atoms with Crippen LogP contribution in [0.15, 0.2) is 30.3 Å². The Morgan fingerprint density at radius 1 is 1.20 bits per heavy atom. The molecule has 2 N–H and O–H groups in total. The summed E-state index contributed by atoms with van der Waals surface area (Å²) in [6.07, 6.45) is 4.78. The van der Waals surface area contributed by atoms with Gasteiger partial charge in [-0.1, -0.05) is 6.42 Å². The minimum absolute atomic E-state index is 0.127. The molecule has 25 heavy (non-hydrogen) atoms. The van der Waals surface area contributed by atoms with Crippen molar-refractivity contribution in [2.75, 3.05) is 25.5 Å². The van der Waals surface area contributed by atoms with Gasteiger partial charge >= 0.3 is 6.03 Å². The highest BCUT2D eigenvalue weighted by molar-refractivity contribution is 5.92. The summed E-state index contributed by atoms with van der Waals surface area (Å²) in [7, 11) is 1.60. The Kier molecular flexibility index (Phi) is 4.44. The summed E-state index contributed by atoms with van der Waals surface area (Å²) in [5.74, 6) is 0.587. The van der Waals surface area contributed by atoms with Crippen molar-refractivity contribution >= 4 is 22.6 Å². The Hall–Kier alpha value is -2.34. The second-order valence-electron chi connectivity index (χ2n) is 6.85.